The molecule has 0 unspecified atom stereocenters. The number of aromatic nitrogens is 2. The smallest absolute Gasteiger partial charge is 0.333 e. The summed E-state index contributed by atoms with van der Waals surface area (Å²) in [5, 5.41) is 18.5. The van der Waals surface area contributed by atoms with Gasteiger partial charge in [0.05, 0.1) is 24.1 Å². The van der Waals surface area contributed by atoms with Crippen molar-refractivity contribution in [3.05, 3.63) is 35.8 Å². The largest absolute Gasteiger partial charge is 0.486 e. The molecule has 0 bridgehead atoms. The fraction of sp³-hybridized carbons (Fsp3) is 0.450. The fourth-order valence-corrected chi connectivity index (χ4v) is 4.70. The molecule has 0 saturated heterocycles. The number of aliphatic imine (C=N–C) groups is 1. The van der Waals surface area contributed by atoms with Gasteiger partial charge in [0.1, 0.15) is 25.2 Å². The van der Waals surface area contributed by atoms with Crippen LogP contribution >= 0.6 is 0 Å². The van der Waals surface area contributed by atoms with Gasteiger partial charge in [-0.25, -0.2) is 20.1 Å². The standard InChI is InChI=1S/C20H23N5O6S/c21-32(27,28)31-9-11-6-12(7-16(11)26)24-20-18-15(22-10-23-20)8-14(25-18)13-2-1-3-17-19(13)30-5-4-29-17/h1-3,10-12,16,26H,4-9H2,(H2,21,27,28)(H,22,23,24)/t11-,12+,16-/m0/s1. The number of aliphatic hydroxyl groups is 1. The van der Waals surface area contributed by atoms with Crippen LogP contribution in [0.15, 0.2) is 29.5 Å². The van der Waals surface area contributed by atoms with Crippen molar-refractivity contribution in [2.75, 3.05) is 25.1 Å². The molecule has 2 aliphatic heterocycles. The Hall–Kier alpha value is -2.80. The third-order valence-electron chi connectivity index (χ3n) is 5.80. The number of nitrogens with zero attached hydrogens (tertiary/aromatic N) is 3. The van der Waals surface area contributed by atoms with E-state index in [1.165, 1.54) is 6.33 Å². The summed E-state index contributed by atoms with van der Waals surface area (Å²) in [6.07, 6.45) is 2.22. The van der Waals surface area contributed by atoms with E-state index in [0.717, 1.165) is 17.0 Å². The quantitative estimate of drug-likeness (QED) is 0.563. The molecule has 11 nitrogen and oxygen atoms in total. The Kier molecular flexibility index (Phi) is 5.45. The van der Waals surface area contributed by atoms with Gasteiger partial charge in [-0.15, -0.1) is 0 Å². The summed E-state index contributed by atoms with van der Waals surface area (Å²) >= 11 is 0. The number of hydrogen-bond acceptors (Lipinski definition) is 10. The van der Waals surface area contributed by atoms with Gasteiger partial charge in [-0.1, -0.05) is 6.07 Å². The van der Waals surface area contributed by atoms with Crippen LogP contribution in [0.2, 0.25) is 0 Å². The number of benzene rings is 1. The molecular formula is C20H23N5O6S. The second-order valence-corrected chi connectivity index (χ2v) is 9.22. The van der Waals surface area contributed by atoms with E-state index in [1.807, 2.05) is 18.2 Å². The minimum absolute atomic E-state index is 0.126. The van der Waals surface area contributed by atoms with E-state index >= 15 is 0 Å². The molecule has 2 aromatic rings. The topological polar surface area (TPSA) is 158 Å². The molecule has 170 valence electrons. The molecule has 12 heteroatoms. The van der Waals surface area contributed by atoms with Crippen LogP contribution in [0, 0.1) is 5.92 Å². The molecule has 1 saturated carbocycles. The Morgan fingerprint density at radius 1 is 1.22 bits per heavy atom. The zero-order chi connectivity index (χ0) is 22.3. The normalized spacial score (nSPS) is 24.2. The zero-order valence-corrected chi connectivity index (χ0v) is 17.9. The number of anilines is 1. The summed E-state index contributed by atoms with van der Waals surface area (Å²) in [4.78, 5) is 13.5. The van der Waals surface area contributed by atoms with Crippen LogP contribution in [0.5, 0.6) is 11.5 Å². The number of nitrogens with one attached hydrogen (secondary N) is 1. The van der Waals surface area contributed by atoms with Crippen molar-refractivity contribution in [1.82, 2.24) is 9.97 Å². The molecule has 0 amide bonds. The van der Waals surface area contributed by atoms with Crippen LogP contribution in [0.1, 0.15) is 24.1 Å². The van der Waals surface area contributed by atoms with E-state index in [2.05, 4.69) is 19.5 Å². The number of fused-ring (bicyclic) bond motifs is 2. The van der Waals surface area contributed by atoms with Crippen LogP contribution in [0.4, 0.5) is 11.5 Å². The minimum atomic E-state index is -4.05. The van der Waals surface area contributed by atoms with Gasteiger partial charge in [-0.2, -0.15) is 8.42 Å². The van der Waals surface area contributed by atoms with E-state index in [0.29, 0.717) is 55.5 Å². The van der Waals surface area contributed by atoms with Crippen molar-refractivity contribution in [3.8, 4) is 11.5 Å². The Morgan fingerprint density at radius 3 is 2.91 bits per heavy atom. The van der Waals surface area contributed by atoms with Crippen LogP contribution in [0.25, 0.3) is 0 Å². The second-order valence-electron chi connectivity index (χ2n) is 8.00. The van der Waals surface area contributed by atoms with Crippen molar-refractivity contribution in [2.45, 2.75) is 31.4 Å². The number of rotatable bonds is 6. The SMILES string of the molecule is NS(=O)(=O)OC[C@@H]1C[C@@H](Nc2ncnc3c2N=C(c2cccc4c2OCCO4)C3)C[C@@H]1O. The fourth-order valence-electron chi connectivity index (χ4n) is 4.33. The molecule has 1 aromatic heterocycles. The van der Waals surface area contributed by atoms with Crippen molar-refractivity contribution in [1.29, 1.82) is 0 Å². The van der Waals surface area contributed by atoms with Crippen LogP contribution in [-0.2, 0) is 20.9 Å². The molecule has 3 aliphatic rings. The highest BCUT2D eigenvalue weighted by molar-refractivity contribution is 7.84. The summed E-state index contributed by atoms with van der Waals surface area (Å²) in [7, 11) is -4.05. The highest BCUT2D eigenvalue weighted by Crippen LogP contribution is 2.40. The predicted octanol–water partition coefficient (Wildman–Crippen LogP) is 0.696. The average Bonchev–Trinajstić information content (AvgIpc) is 3.35. The van der Waals surface area contributed by atoms with Crippen molar-refractivity contribution >= 4 is 27.5 Å². The molecule has 1 aliphatic carbocycles. The van der Waals surface area contributed by atoms with E-state index in [1.54, 1.807) is 0 Å². The summed E-state index contributed by atoms with van der Waals surface area (Å²) in [6.45, 7) is 0.833. The van der Waals surface area contributed by atoms with Gasteiger partial charge in [0.2, 0.25) is 0 Å². The van der Waals surface area contributed by atoms with Gasteiger partial charge in [-0.05, 0) is 25.0 Å². The van der Waals surface area contributed by atoms with Crippen molar-refractivity contribution in [2.24, 2.45) is 16.0 Å². The molecule has 1 aromatic carbocycles. The monoisotopic (exact) mass is 461 g/mol. The summed E-state index contributed by atoms with van der Waals surface area (Å²) in [5.74, 6) is 1.60. The predicted molar refractivity (Wildman–Crippen MR) is 115 cm³/mol. The van der Waals surface area contributed by atoms with E-state index in [9.17, 15) is 13.5 Å². The number of ether oxygens (including phenoxy) is 2. The van der Waals surface area contributed by atoms with Gasteiger partial charge >= 0.3 is 10.3 Å². The number of para-hydroxylation sites is 1. The van der Waals surface area contributed by atoms with Crippen LogP contribution < -0.4 is 19.9 Å². The summed E-state index contributed by atoms with van der Waals surface area (Å²) in [5.41, 5.74) is 3.12. The first-order valence-corrected chi connectivity index (χ1v) is 11.8. The summed E-state index contributed by atoms with van der Waals surface area (Å²) in [6, 6.07) is 5.60. The molecule has 0 spiro atoms. The van der Waals surface area contributed by atoms with E-state index in [4.69, 9.17) is 19.6 Å². The first kappa shape index (κ1) is 21.1. The first-order valence-electron chi connectivity index (χ1n) is 10.3. The lowest BCUT2D eigenvalue weighted by Crippen LogP contribution is -2.24. The lowest BCUT2D eigenvalue weighted by atomic mass is 10.1. The number of nitrogens with two attached hydrogens (primary N) is 1. The lowest BCUT2D eigenvalue weighted by Gasteiger charge is -2.20. The first-order chi connectivity index (χ1) is 15.4. The third kappa shape index (κ3) is 4.26. The zero-order valence-electron chi connectivity index (χ0n) is 17.1. The second kappa shape index (κ2) is 8.28. The minimum Gasteiger partial charge on any atom is -0.486 e. The molecule has 0 radical (unpaired) electrons. The van der Waals surface area contributed by atoms with Gasteiger partial charge < -0.3 is 19.9 Å². The maximum absolute atomic E-state index is 11.0. The maximum Gasteiger partial charge on any atom is 0.333 e. The van der Waals surface area contributed by atoms with Crippen LogP contribution in [-0.4, -0.2) is 61.2 Å². The Balaban J connectivity index is 1.34. The lowest BCUT2D eigenvalue weighted by molar-refractivity contribution is 0.101. The van der Waals surface area contributed by atoms with Gasteiger partial charge in [0.15, 0.2) is 17.3 Å². The molecule has 3 heterocycles. The number of aliphatic hydroxyl groups excluding tert-OH is 1. The average molecular weight is 462 g/mol. The van der Waals surface area contributed by atoms with Gasteiger partial charge in [0, 0.05) is 23.9 Å². The molecule has 3 atom stereocenters. The van der Waals surface area contributed by atoms with Crippen LogP contribution in [0.3, 0.4) is 0 Å². The Morgan fingerprint density at radius 2 is 2.06 bits per heavy atom. The highest BCUT2D eigenvalue weighted by atomic mass is 32.2. The molecule has 5 rings (SSSR count). The van der Waals surface area contributed by atoms with Gasteiger partial charge in [-0.3, -0.25) is 4.18 Å². The number of hydrogen-bond donors (Lipinski definition) is 3. The molecule has 1 fully saturated rings. The van der Waals surface area contributed by atoms with Crippen molar-refractivity contribution in [3.63, 3.8) is 0 Å². The van der Waals surface area contributed by atoms with Gasteiger partial charge in [0.25, 0.3) is 0 Å². The van der Waals surface area contributed by atoms with E-state index < -0.39 is 16.4 Å². The summed E-state index contributed by atoms with van der Waals surface area (Å²) < 4.78 is 38.2. The maximum atomic E-state index is 11.0. The third-order valence-corrected chi connectivity index (χ3v) is 6.27. The molecule has 32 heavy (non-hydrogen) atoms. The Labute approximate surface area is 184 Å². The van der Waals surface area contributed by atoms with Crippen molar-refractivity contribution < 1.29 is 27.2 Å². The molecular weight excluding hydrogens is 438 g/mol. The van der Waals surface area contributed by atoms with E-state index in [-0.39, 0.29) is 18.6 Å². The molecule has 4 N–H and O–H groups in total. The highest BCUT2D eigenvalue weighted by Gasteiger charge is 2.35. The Bertz CT molecular complexity index is 1170.